The molecule has 2 aromatic carbocycles. The number of nitrogens with zero attached hydrogens (tertiary/aromatic N) is 2. The Kier molecular flexibility index (Phi) is 3.55. The van der Waals surface area contributed by atoms with E-state index in [9.17, 15) is 4.21 Å². The predicted molar refractivity (Wildman–Crippen MR) is 84.0 cm³/mol. The molecular weight excluding hydrogens is 284 g/mol. The Hall–Kier alpha value is -2.44. The summed E-state index contributed by atoms with van der Waals surface area (Å²) in [6, 6.07) is 18.8. The molecule has 3 aromatic rings. The van der Waals surface area contributed by atoms with Gasteiger partial charge < -0.3 is 5.73 Å². The molecule has 1 heterocycles. The Labute approximate surface area is 124 Å². The smallest absolute Gasteiger partial charge is 0.146 e. The molecule has 0 aliphatic rings. The Balaban J connectivity index is 2.09. The number of aromatic nitrogens is 2. The Bertz CT molecular complexity index is 781. The summed E-state index contributed by atoms with van der Waals surface area (Å²) in [5, 5.41) is 9.68. The molecule has 6 heteroatoms. The molecule has 4 N–H and O–H groups in total. The van der Waals surface area contributed by atoms with Crippen molar-refractivity contribution in [2.24, 2.45) is 5.14 Å². The summed E-state index contributed by atoms with van der Waals surface area (Å²) in [7, 11) is -1.48. The zero-order chi connectivity index (χ0) is 14.8. The average molecular weight is 298 g/mol. The zero-order valence-corrected chi connectivity index (χ0v) is 12.0. The first-order valence-corrected chi connectivity index (χ1v) is 7.54. The molecule has 0 radical (unpaired) electrons. The van der Waals surface area contributed by atoms with Crippen molar-refractivity contribution in [3.05, 3.63) is 60.7 Å². The lowest BCUT2D eigenvalue weighted by Crippen LogP contribution is -2.04. The van der Waals surface area contributed by atoms with Crippen LogP contribution in [-0.4, -0.2) is 14.0 Å². The van der Waals surface area contributed by atoms with Gasteiger partial charge in [-0.05, 0) is 24.3 Å². The van der Waals surface area contributed by atoms with Gasteiger partial charge in [0, 0.05) is 11.6 Å². The van der Waals surface area contributed by atoms with E-state index in [0.717, 1.165) is 16.9 Å². The topological polar surface area (TPSA) is 86.9 Å². The molecule has 5 nitrogen and oxygen atoms in total. The lowest BCUT2D eigenvalue weighted by Gasteiger charge is -2.08. The fourth-order valence-corrected chi connectivity index (χ4v) is 2.54. The first-order valence-electron chi connectivity index (χ1n) is 6.33. The Morgan fingerprint density at radius 1 is 1.00 bits per heavy atom. The van der Waals surface area contributed by atoms with Crippen LogP contribution in [0.15, 0.2) is 65.6 Å². The van der Waals surface area contributed by atoms with Crippen LogP contribution in [0, 0.1) is 0 Å². The average Bonchev–Trinajstić information content (AvgIpc) is 2.90. The monoisotopic (exact) mass is 298 g/mol. The van der Waals surface area contributed by atoms with Crippen molar-refractivity contribution in [1.82, 2.24) is 9.78 Å². The minimum atomic E-state index is -1.48. The number of benzene rings is 2. The largest absolute Gasteiger partial charge is 0.382 e. The summed E-state index contributed by atoms with van der Waals surface area (Å²) in [5.41, 5.74) is 8.58. The zero-order valence-electron chi connectivity index (χ0n) is 11.1. The second-order valence-electron chi connectivity index (χ2n) is 4.52. The van der Waals surface area contributed by atoms with E-state index in [1.807, 2.05) is 48.5 Å². The molecule has 0 aliphatic heterocycles. The van der Waals surface area contributed by atoms with Crippen molar-refractivity contribution in [2.45, 2.75) is 4.90 Å². The number of rotatable bonds is 3. The van der Waals surface area contributed by atoms with Gasteiger partial charge in [-0.3, -0.25) is 0 Å². The summed E-state index contributed by atoms with van der Waals surface area (Å²) in [5.74, 6) is 0.445. The second-order valence-corrected chi connectivity index (χ2v) is 5.59. The van der Waals surface area contributed by atoms with Gasteiger partial charge in [0.25, 0.3) is 0 Å². The van der Waals surface area contributed by atoms with E-state index in [-0.39, 0.29) is 0 Å². The minimum Gasteiger partial charge on any atom is -0.382 e. The van der Waals surface area contributed by atoms with Crippen LogP contribution in [0.4, 0.5) is 5.82 Å². The molecular formula is C15H14N4OS. The van der Waals surface area contributed by atoms with Crippen LogP contribution in [0.2, 0.25) is 0 Å². The molecule has 0 amide bonds. The van der Waals surface area contributed by atoms with Gasteiger partial charge in [0.15, 0.2) is 0 Å². The fourth-order valence-electron chi connectivity index (χ4n) is 2.13. The first-order chi connectivity index (χ1) is 10.1. The summed E-state index contributed by atoms with van der Waals surface area (Å²) in [6.45, 7) is 0. The minimum absolute atomic E-state index is 0.445. The quantitative estimate of drug-likeness (QED) is 0.776. The number of nitrogens with two attached hydrogens (primary N) is 2. The molecule has 1 aromatic heterocycles. The van der Waals surface area contributed by atoms with Crippen molar-refractivity contribution >= 4 is 16.8 Å². The summed E-state index contributed by atoms with van der Waals surface area (Å²) in [6.07, 6.45) is 0. The molecule has 0 spiro atoms. The van der Waals surface area contributed by atoms with Gasteiger partial charge in [0.1, 0.15) is 16.8 Å². The number of nitrogen functional groups attached to an aromatic ring is 1. The number of hydrogen-bond acceptors (Lipinski definition) is 3. The van der Waals surface area contributed by atoms with Gasteiger partial charge in [-0.2, -0.15) is 5.10 Å². The molecule has 0 bridgehead atoms. The van der Waals surface area contributed by atoms with E-state index in [0.29, 0.717) is 10.7 Å². The highest BCUT2D eigenvalue weighted by atomic mass is 32.2. The summed E-state index contributed by atoms with van der Waals surface area (Å²) >= 11 is 0. The van der Waals surface area contributed by atoms with E-state index in [2.05, 4.69) is 5.10 Å². The van der Waals surface area contributed by atoms with Crippen LogP contribution < -0.4 is 10.9 Å². The molecule has 0 aliphatic carbocycles. The third kappa shape index (κ3) is 2.72. The van der Waals surface area contributed by atoms with Crippen LogP contribution >= 0.6 is 0 Å². The van der Waals surface area contributed by atoms with Crippen LogP contribution in [0.3, 0.4) is 0 Å². The highest BCUT2D eigenvalue weighted by molar-refractivity contribution is 7.82. The first kappa shape index (κ1) is 13.5. The third-order valence-electron chi connectivity index (χ3n) is 3.11. The van der Waals surface area contributed by atoms with Crippen molar-refractivity contribution in [3.8, 4) is 16.9 Å². The molecule has 0 fully saturated rings. The van der Waals surface area contributed by atoms with Gasteiger partial charge in [0.2, 0.25) is 0 Å². The highest BCUT2D eigenvalue weighted by Crippen LogP contribution is 2.25. The highest BCUT2D eigenvalue weighted by Gasteiger charge is 2.10. The van der Waals surface area contributed by atoms with E-state index in [4.69, 9.17) is 10.9 Å². The van der Waals surface area contributed by atoms with Gasteiger partial charge in [0.05, 0.1) is 16.3 Å². The molecule has 0 saturated heterocycles. The number of hydrogen-bond donors (Lipinski definition) is 2. The molecule has 106 valence electrons. The Morgan fingerprint density at radius 3 is 2.29 bits per heavy atom. The summed E-state index contributed by atoms with van der Waals surface area (Å²) in [4.78, 5) is 0.570. The maximum Gasteiger partial charge on any atom is 0.146 e. The maximum atomic E-state index is 11.2. The van der Waals surface area contributed by atoms with Crippen molar-refractivity contribution < 1.29 is 4.21 Å². The lowest BCUT2D eigenvalue weighted by atomic mass is 10.1. The van der Waals surface area contributed by atoms with Crippen molar-refractivity contribution in [3.63, 3.8) is 0 Å². The van der Waals surface area contributed by atoms with Crippen LogP contribution in [-0.2, 0) is 11.0 Å². The van der Waals surface area contributed by atoms with E-state index in [1.165, 1.54) is 0 Å². The molecule has 1 unspecified atom stereocenters. The fraction of sp³-hybridized carbons (Fsp3) is 0. The van der Waals surface area contributed by atoms with Gasteiger partial charge in [-0.1, -0.05) is 30.3 Å². The SMILES string of the molecule is Nc1cc(-c2ccccc2)n(-c2ccc(S(N)=O)cc2)n1. The molecule has 1 atom stereocenters. The second kappa shape index (κ2) is 5.51. The van der Waals surface area contributed by atoms with E-state index in [1.54, 1.807) is 16.8 Å². The molecule has 21 heavy (non-hydrogen) atoms. The third-order valence-corrected chi connectivity index (χ3v) is 3.85. The van der Waals surface area contributed by atoms with Crippen LogP contribution in [0.5, 0.6) is 0 Å². The normalized spacial score (nSPS) is 12.2. The standard InChI is InChI=1S/C15H14N4OS/c16-15-10-14(11-4-2-1-3-5-11)19(18-15)12-6-8-13(9-7-12)21(17)20/h1-10H,17H2,(H2,16,18). The lowest BCUT2D eigenvalue weighted by molar-refractivity contribution is 0.684. The number of anilines is 1. The summed E-state index contributed by atoms with van der Waals surface area (Å²) < 4.78 is 13.0. The van der Waals surface area contributed by atoms with Gasteiger partial charge in [-0.15, -0.1) is 0 Å². The van der Waals surface area contributed by atoms with Crippen LogP contribution in [0.25, 0.3) is 16.9 Å². The molecule has 0 saturated carbocycles. The molecule has 3 rings (SSSR count). The van der Waals surface area contributed by atoms with Crippen molar-refractivity contribution in [1.29, 1.82) is 0 Å². The predicted octanol–water partition coefficient (Wildman–Crippen LogP) is 2.10. The maximum absolute atomic E-state index is 11.2. The van der Waals surface area contributed by atoms with E-state index < -0.39 is 11.0 Å². The van der Waals surface area contributed by atoms with Gasteiger partial charge >= 0.3 is 0 Å². The van der Waals surface area contributed by atoms with Crippen molar-refractivity contribution in [2.75, 3.05) is 5.73 Å². The Morgan fingerprint density at radius 2 is 1.67 bits per heavy atom. The van der Waals surface area contributed by atoms with E-state index >= 15 is 0 Å². The van der Waals surface area contributed by atoms with Gasteiger partial charge in [-0.25, -0.2) is 14.0 Å². The van der Waals surface area contributed by atoms with Crippen LogP contribution in [0.1, 0.15) is 0 Å².